The van der Waals surface area contributed by atoms with Crippen molar-refractivity contribution in [2.45, 2.75) is 32.2 Å². The Labute approximate surface area is 93.1 Å². The zero-order chi connectivity index (χ0) is 9.90. The Morgan fingerprint density at radius 1 is 1.50 bits per heavy atom. The number of nitrogens with two attached hydrogens (primary N) is 1. The second-order valence-electron chi connectivity index (χ2n) is 4.91. The third-order valence-electron chi connectivity index (χ3n) is 2.49. The molecule has 0 amide bonds. The maximum absolute atomic E-state index is 9.05. The van der Waals surface area contributed by atoms with Crippen molar-refractivity contribution in [2.75, 3.05) is 26.2 Å². The molecule has 1 fully saturated rings. The number of rotatable bonds is 3. The molecule has 1 rings (SSSR count). The molecule has 1 aliphatic rings. The molecule has 3 N–H and O–H groups in total. The van der Waals surface area contributed by atoms with Crippen molar-refractivity contribution in [3.05, 3.63) is 0 Å². The number of nitrogens with zero attached hydrogens (tertiary/aromatic N) is 1. The summed E-state index contributed by atoms with van der Waals surface area (Å²) >= 11 is 0. The van der Waals surface area contributed by atoms with Crippen LogP contribution >= 0.6 is 12.4 Å². The summed E-state index contributed by atoms with van der Waals surface area (Å²) in [6.45, 7) is 7.50. The minimum Gasteiger partial charge on any atom is -0.396 e. The van der Waals surface area contributed by atoms with Gasteiger partial charge in [-0.05, 0) is 39.2 Å². The summed E-state index contributed by atoms with van der Waals surface area (Å²) in [4.78, 5) is 2.37. The van der Waals surface area contributed by atoms with Crippen LogP contribution in [0.3, 0.4) is 0 Å². The molecular weight excluding hydrogens is 200 g/mol. The Kier molecular flexibility index (Phi) is 5.98. The molecule has 1 saturated heterocycles. The Balaban J connectivity index is 0.00000169. The van der Waals surface area contributed by atoms with Crippen molar-refractivity contribution in [1.29, 1.82) is 0 Å². The van der Waals surface area contributed by atoms with Crippen LogP contribution in [-0.4, -0.2) is 41.8 Å². The van der Waals surface area contributed by atoms with Gasteiger partial charge < -0.3 is 15.7 Å². The van der Waals surface area contributed by atoms with Crippen LogP contribution in [0.25, 0.3) is 0 Å². The molecule has 0 spiro atoms. The first-order valence-electron chi connectivity index (χ1n) is 5.13. The SMILES string of the molecule is CC(C)(N)CN1CCCC(CO)C1.Cl. The van der Waals surface area contributed by atoms with E-state index in [2.05, 4.69) is 18.7 Å². The van der Waals surface area contributed by atoms with Gasteiger partial charge in [-0.3, -0.25) is 0 Å². The Morgan fingerprint density at radius 3 is 2.64 bits per heavy atom. The summed E-state index contributed by atoms with van der Waals surface area (Å²) in [5.74, 6) is 0.469. The molecule has 1 heterocycles. The topological polar surface area (TPSA) is 49.5 Å². The van der Waals surface area contributed by atoms with Crippen molar-refractivity contribution in [1.82, 2.24) is 4.90 Å². The van der Waals surface area contributed by atoms with Crippen LogP contribution < -0.4 is 5.73 Å². The van der Waals surface area contributed by atoms with E-state index < -0.39 is 0 Å². The summed E-state index contributed by atoms with van der Waals surface area (Å²) < 4.78 is 0. The number of piperidine rings is 1. The fourth-order valence-electron chi connectivity index (χ4n) is 2.02. The van der Waals surface area contributed by atoms with Gasteiger partial charge in [0.05, 0.1) is 0 Å². The van der Waals surface area contributed by atoms with Crippen LogP contribution in [0.2, 0.25) is 0 Å². The first kappa shape index (κ1) is 14.2. The van der Waals surface area contributed by atoms with Gasteiger partial charge in [0.2, 0.25) is 0 Å². The molecule has 3 nitrogen and oxygen atoms in total. The molecule has 1 atom stereocenters. The first-order chi connectivity index (χ1) is 6.01. The quantitative estimate of drug-likeness (QED) is 0.745. The van der Waals surface area contributed by atoms with E-state index in [-0.39, 0.29) is 17.9 Å². The van der Waals surface area contributed by atoms with Gasteiger partial charge in [0, 0.05) is 25.2 Å². The van der Waals surface area contributed by atoms with Crippen LogP contribution in [-0.2, 0) is 0 Å². The van der Waals surface area contributed by atoms with Crippen molar-refractivity contribution in [2.24, 2.45) is 11.7 Å². The highest BCUT2D eigenvalue weighted by Crippen LogP contribution is 2.17. The fourth-order valence-corrected chi connectivity index (χ4v) is 2.02. The van der Waals surface area contributed by atoms with Crippen molar-refractivity contribution in [3.63, 3.8) is 0 Å². The molecule has 0 aromatic heterocycles. The van der Waals surface area contributed by atoms with Crippen LogP contribution in [0, 0.1) is 5.92 Å². The summed E-state index contributed by atoms with van der Waals surface area (Å²) in [6.07, 6.45) is 2.36. The molecule has 0 aliphatic carbocycles. The zero-order valence-corrected chi connectivity index (χ0v) is 10.0. The molecule has 86 valence electrons. The maximum Gasteiger partial charge on any atom is 0.0471 e. The van der Waals surface area contributed by atoms with E-state index in [0.717, 1.165) is 26.1 Å². The molecule has 0 saturated carbocycles. The lowest BCUT2D eigenvalue weighted by molar-refractivity contribution is 0.107. The van der Waals surface area contributed by atoms with E-state index in [1.54, 1.807) is 0 Å². The number of hydrogen-bond donors (Lipinski definition) is 2. The second kappa shape index (κ2) is 5.91. The van der Waals surface area contributed by atoms with E-state index in [4.69, 9.17) is 10.8 Å². The van der Waals surface area contributed by atoms with E-state index >= 15 is 0 Å². The minimum atomic E-state index is -0.114. The molecule has 4 heteroatoms. The molecule has 14 heavy (non-hydrogen) atoms. The van der Waals surface area contributed by atoms with Gasteiger partial charge in [0.25, 0.3) is 0 Å². The number of aliphatic hydroxyl groups is 1. The van der Waals surface area contributed by atoms with Crippen LogP contribution in [0.1, 0.15) is 26.7 Å². The zero-order valence-electron chi connectivity index (χ0n) is 9.20. The van der Waals surface area contributed by atoms with E-state index in [0.29, 0.717) is 12.5 Å². The molecule has 0 aromatic rings. The fraction of sp³-hybridized carbons (Fsp3) is 1.00. The summed E-state index contributed by atoms with van der Waals surface area (Å²) in [6, 6.07) is 0. The van der Waals surface area contributed by atoms with Crippen LogP contribution in [0.5, 0.6) is 0 Å². The average Bonchev–Trinajstić information content (AvgIpc) is 2.01. The average molecular weight is 223 g/mol. The lowest BCUT2D eigenvalue weighted by Gasteiger charge is -2.35. The van der Waals surface area contributed by atoms with Crippen molar-refractivity contribution in [3.8, 4) is 0 Å². The number of halogens is 1. The highest BCUT2D eigenvalue weighted by Gasteiger charge is 2.23. The Hall–Kier alpha value is 0.170. The van der Waals surface area contributed by atoms with Crippen molar-refractivity contribution < 1.29 is 5.11 Å². The number of aliphatic hydroxyl groups excluding tert-OH is 1. The Bertz CT molecular complexity index is 159. The van der Waals surface area contributed by atoms with Gasteiger partial charge in [-0.15, -0.1) is 12.4 Å². The summed E-state index contributed by atoms with van der Waals surface area (Å²) in [7, 11) is 0. The second-order valence-corrected chi connectivity index (χ2v) is 4.91. The monoisotopic (exact) mass is 222 g/mol. The third-order valence-corrected chi connectivity index (χ3v) is 2.49. The van der Waals surface area contributed by atoms with Gasteiger partial charge in [-0.25, -0.2) is 0 Å². The Morgan fingerprint density at radius 2 is 2.14 bits per heavy atom. The highest BCUT2D eigenvalue weighted by atomic mass is 35.5. The first-order valence-corrected chi connectivity index (χ1v) is 5.13. The van der Waals surface area contributed by atoms with Gasteiger partial charge in [-0.2, -0.15) is 0 Å². The standard InChI is InChI=1S/C10H22N2O.ClH/c1-10(2,11)8-12-5-3-4-9(6-12)7-13;/h9,13H,3-8,11H2,1-2H3;1H. The predicted octanol–water partition coefficient (Wildman–Crippen LogP) is 0.850. The number of likely N-dealkylation sites (tertiary alicyclic amines) is 1. The molecule has 0 aromatic carbocycles. The largest absolute Gasteiger partial charge is 0.396 e. The van der Waals surface area contributed by atoms with Gasteiger partial charge >= 0.3 is 0 Å². The number of hydrogen-bond acceptors (Lipinski definition) is 3. The van der Waals surface area contributed by atoms with Crippen LogP contribution in [0.4, 0.5) is 0 Å². The summed E-state index contributed by atoms with van der Waals surface area (Å²) in [5.41, 5.74) is 5.84. The van der Waals surface area contributed by atoms with E-state index in [1.807, 2.05) is 0 Å². The maximum atomic E-state index is 9.05. The van der Waals surface area contributed by atoms with Crippen LogP contribution in [0.15, 0.2) is 0 Å². The molecule has 0 bridgehead atoms. The smallest absolute Gasteiger partial charge is 0.0471 e. The predicted molar refractivity (Wildman–Crippen MR) is 61.8 cm³/mol. The molecular formula is C10H23ClN2O. The van der Waals surface area contributed by atoms with E-state index in [1.165, 1.54) is 6.42 Å². The van der Waals surface area contributed by atoms with Gasteiger partial charge in [-0.1, -0.05) is 0 Å². The van der Waals surface area contributed by atoms with Crippen molar-refractivity contribution >= 4 is 12.4 Å². The normalized spacial score (nSPS) is 24.4. The van der Waals surface area contributed by atoms with Gasteiger partial charge in [0.15, 0.2) is 0 Å². The van der Waals surface area contributed by atoms with Gasteiger partial charge in [0.1, 0.15) is 0 Å². The lowest BCUT2D eigenvalue weighted by Crippen LogP contribution is -2.48. The summed E-state index contributed by atoms with van der Waals surface area (Å²) in [5, 5.41) is 9.05. The lowest BCUT2D eigenvalue weighted by atomic mass is 9.97. The third kappa shape index (κ3) is 5.15. The molecule has 0 radical (unpaired) electrons. The minimum absolute atomic E-state index is 0. The molecule has 1 aliphatic heterocycles. The molecule has 1 unspecified atom stereocenters. The van der Waals surface area contributed by atoms with E-state index in [9.17, 15) is 0 Å². The highest BCUT2D eigenvalue weighted by molar-refractivity contribution is 5.85.